The van der Waals surface area contributed by atoms with Crippen LogP contribution in [-0.2, 0) is 13.1 Å². The van der Waals surface area contributed by atoms with Crippen LogP contribution >= 0.6 is 0 Å². The minimum Gasteiger partial charge on any atom is -0.340 e. The first kappa shape index (κ1) is 19.2. The van der Waals surface area contributed by atoms with Crippen LogP contribution in [0.4, 0.5) is 5.95 Å². The number of piperazine rings is 1. The second-order valence-electron chi connectivity index (χ2n) is 7.39. The molecule has 31 heavy (non-hydrogen) atoms. The van der Waals surface area contributed by atoms with E-state index >= 15 is 0 Å². The molecular formula is C22H22N8O. The summed E-state index contributed by atoms with van der Waals surface area (Å²) in [5.41, 5.74) is 3.40. The Morgan fingerprint density at radius 2 is 2.00 bits per heavy atom. The number of hydrogen-bond acceptors (Lipinski definition) is 7. The molecule has 1 N–H and O–H groups in total. The van der Waals surface area contributed by atoms with E-state index in [0.29, 0.717) is 24.1 Å². The second-order valence-corrected chi connectivity index (χ2v) is 7.39. The van der Waals surface area contributed by atoms with Crippen molar-refractivity contribution in [1.82, 2.24) is 34.6 Å². The summed E-state index contributed by atoms with van der Waals surface area (Å²) in [7, 11) is 0. The zero-order valence-corrected chi connectivity index (χ0v) is 17.2. The maximum absolute atomic E-state index is 13.4. The molecule has 0 amide bonds. The number of pyridine rings is 2. The molecule has 9 nitrogen and oxygen atoms in total. The molecule has 9 heteroatoms. The van der Waals surface area contributed by atoms with Crippen molar-refractivity contribution in [2.75, 3.05) is 31.1 Å². The number of nitrogens with zero attached hydrogens (tertiary/aromatic N) is 7. The molecule has 0 bridgehead atoms. The molecule has 156 valence electrons. The number of aromatic nitrogens is 6. The maximum Gasteiger partial charge on any atom is 0.293 e. The quantitative estimate of drug-likeness (QED) is 0.498. The number of anilines is 1. The Balaban J connectivity index is 1.58. The van der Waals surface area contributed by atoms with Gasteiger partial charge >= 0.3 is 0 Å². The standard InChI is InChI=1S/C22H22N8O/c1-2-3-9-29-20-19(27-22(29)28-10-7-23-8-11-28)14-26-30(21(20)31)15-16-12-18-17(25-13-16)5-4-6-24-18/h4-6,12-14,23H,7-11,15H2,1H3. The summed E-state index contributed by atoms with van der Waals surface area (Å²) in [5.74, 6) is 6.78. The molecule has 1 saturated heterocycles. The van der Waals surface area contributed by atoms with Crippen molar-refractivity contribution in [1.29, 1.82) is 0 Å². The van der Waals surface area contributed by atoms with E-state index in [4.69, 9.17) is 4.98 Å². The molecule has 0 spiro atoms. The fraction of sp³-hybridized carbons (Fsp3) is 0.318. The number of hydrogen-bond donors (Lipinski definition) is 1. The van der Waals surface area contributed by atoms with Gasteiger partial charge in [0.25, 0.3) is 5.56 Å². The van der Waals surface area contributed by atoms with E-state index < -0.39 is 0 Å². The Hall–Kier alpha value is -3.77. The second kappa shape index (κ2) is 8.16. The fourth-order valence-corrected chi connectivity index (χ4v) is 3.85. The van der Waals surface area contributed by atoms with Crippen LogP contribution in [0.15, 0.2) is 41.6 Å². The lowest BCUT2D eigenvalue weighted by molar-refractivity contribution is 0.572. The first-order chi connectivity index (χ1) is 15.2. The minimum absolute atomic E-state index is 0.189. The lowest BCUT2D eigenvalue weighted by atomic mass is 10.2. The van der Waals surface area contributed by atoms with Crippen molar-refractivity contribution in [2.24, 2.45) is 0 Å². The van der Waals surface area contributed by atoms with Gasteiger partial charge in [0.15, 0.2) is 0 Å². The first-order valence-corrected chi connectivity index (χ1v) is 10.3. The van der Waals surface area contributed by atoms with Crippen LogP contribution in [0.3, 0.4) is 0 Å². The van der Waals surface area contributed by atoms with Crippen molar-refractivity contribution < 1.29 is 0 Å². The molecule has 0 radical (unpaired) electrons. The van der Waals surface area contributed by atoms with E-state index in [1.165, 1.54) is 4.68 Å². The predicted molar refractivity (Wildman–Crippen MR) is 119 cm³/mol. The van der Waals surface area contributed by atoms with Gasteiger partial charge in [-0.2, -0.15) is 5.10 Å². The highest BCUT2D eigenvalue weighted by atomic mass is 16.1. The van der Waals surface area contributed by atoms with Gasteiger partial charge in [-0.05, 0) is 30.7 Å². The molecule has 1 fully saturated rings. The summed E-state index contributed by atoms with van der Waals surface area (Å²) >= 11 is 0. The maximum atomic E-state index is 13.4. The van der Waals surface area contributed by atoms with Gasteiger partial charge in [-0.1, -0.05) is 5.92 Å². The van der Waals surface area contributed by atoms with Crippen molar-refractivity contribution in [3.8, 4) is 11.8 Å². The topological polar surface area (TPSA) is 93.8 Å². The Morgan fingerprint density at radius 1 is 1.13 bits per heavy atom. The molecule has 0 saturated carbocycles. The van der Waals surface area contributed by atoms with Crippen LogP contribution in [0.5, 0.6) is 0 Å². The normalized spacial score (nSPS) is 14.0. The smallest absolute Gasteiger partial charge is 0.293 e. The summed E-state index contributed by atoms with van der Waals surface area (Å²) in [4.78, 5) is 29.1. The number of imidazole rings is 1. The van der Waals surface area contributed by atoms with Crippen LogP contribution < -0.4 is 15.8 Å². The lowest BCUT2D eigenvalue weighted by Crippen LogP contribution is -2.44. The zero-order valence-electron chi connectivity index (χ0n) is 17.2. The molecule has 4 aromatic rings. The van der Waals surface area contributed by atoms with Crippen molar-refractivity contribution in [3.63, 3.8) is 0 Å². The van der Waals surface area contributed by atoms with Crippen molar-refractivity contribution >= 4 is 28.0 Å². The highest BCUT2D eigenvalue weighted by molar-refractivity contribution is 5.77. The van der Waals surface area contributed by atoms with E-state index in [1.54, 1.807) is 25.5 Å². The first-order valence-electron chi connectivity index (χ1n) is 10.3. The summed E-state index contributed by atoms with van der Waals surface area (Å²) in [5, 5.41) is 7.72. The van der Waals surface area contributed by atoms with Gasteiger partial charge in [0.05, 0.1) is 30.3 Å². The summed E-state index contributed by atoms with van der Waals surface area (Å²) in [6.07, 6.45) is 5.15. The Morgan fingerprint density at radius 3 is 2.84 bits per heavy atom. The third-order valence-electron chi connectivity index (χ3n) is 5.38. The number of nitrogens with one attached hydrogen (secondary N) is 1. The third-order valence-corrected chi connectivity index (χ3v) is 5.38. The Labute approximate surface area is 178 Å². The molecule has 0 atom stereocenters. The molecule has 5 heterocycles. The molecule has 4 aromatic heterocycles. The monoisotopic (exact) mass is 414 g/mol. The van der Waals surface area contributed by atoms with Gasteiger partial charge in [-0.3, -0.25) is 19.3 Å². The van der Waals surface area contributed by atoms with E-state index in [9.17, 15) is 4.79 Å². The summed E-state index contributed by atoms with van der Waals surface area (Å²) < 4.78 is 3.37. The number of fused-ring (bicyclic) bond motifs is 2. The van der Waals surface area contributed by atoms with Gasteiger partial charge < -0.3 is 10.2 Å². The van der Waals surface area contributed by atoms with E-state index in [-0.39, 0.29) is 5.56 Å². The van der Waals surface area contributed by atoms with Gasteiger partial charge in [-0.25, -0.2) is 9.67 Å². The van der Waals surface area contributed by atoms with Gasteiger partial charge in [0, 0.05) is 38.6 Å². The van der Waals surface area contributed by atoms with Crippen LogP contribution in [0.1, 0.15) is 12.5 Å². The molecule has 0 aromatic carbocycles. The van der Waals surface area contributed by atoms with Crippen molar-refractivity contribution in [2.45, 2.75) is 20.0 Å². The van der Waals surface area contributed by atoms with Crippen molar-refractivity contribution in [3.05, 3.63) is 52.7 Å². The molecule has 0 aliphatic carbocycles. The highest BCUT2D eigenvalue weighted by Crippen LogP contribution is 2.20. The largest absolute Gasteiger partial charge is 0.340 e. The lowest BCUT2D eigenvalue weighted by Gasteiger charge is -2.28. The predicted octanol–water partition coefficient (Wildman–Crippen LogP) is 1.02. The highest BCUT2D eigenvalue weighted by Gasteiger charge is 2.21. The average Bonchev–Trinajstić information content (AvgIpc) is 3.19. The Bertz CT molecular complexity index is 1370. The van der Waals surface area contributed by atoms with Crippen LogP contribution in [0.2, 0.25) is 0 Å². The minimum atomic E-state index is -0.189. The van der Waals surface area contributed by atoms with Gasteiger partial charge in [0.1, 0.15) is 11.0 Å². The zero-order chi connectivity index (χ0) is 21.2. The third kappa shape index (κ3) is 3.62. The SMILES string of the molecule is CC#CCn1c(N2CCNCC2)nc2cnn(Cc3cnc4cccnc4c3)c(=O)c21. The van der Waals surface area contributed by atoms with E-state index in [0.717, 1.165) is 48.7 Å². The summed E-state index contributed by atoms with van der Waals surface area (Å²) in [6, 6.07) is 5.70. The molecule has 1 aliphatic heterocycles. The molecule has 5 rings (SSSR count). The Kier molecular flexibility index (Phi) is 5.06. The molecule has 0 unspecified atom stereocenters. The van der Waals surface area contributed by atoms with Crippen LogP contribution in [0.25, 0.3) is 22.1 Å². The fourth-order valence-electron chi connectivity index (χ4n) is 3.85. The van der Waals surface area contributed by atoms with E-state index in [1.807, 2.05) is 22.8 Å². The van der Waals surface area contributed by atoms with Gasteiger partial charge in [-0.15, -0.1) is 5.92 Å². The molecular weight excluding hydrogens is 392 g/mol. The van der Waals surface area contributed by atoms with Crippen LogP contribution in [0, 0.1) is 11.8 Å². The summed E-state index contributed by atoms with van der Waals surface area (Å²) in [6.45, 7) is 5.95. The van der Waals surface area contributed by atoms with E-state index in [2.05, 4.69) is 37.1 Å². The average molecular weight is 414 g/mol. The number of rotatable bonds is 4. The van der Waals surface area contributed by atoms with Gasteiger partial charge in [0.2, 0.25) is 5.95 Å². The van der Waals surface area contributed by atoms with Crippen LogP contribution in [-0.4, -0.2) is 55.5 Å². The molecule has 1 aliphatic rings.